The molecule has 17 heavy (non-hydrogen) atoms. The third-order valence-electron chi connectivity index (χ3n) is 3.05. The SMILES string of the molecule is CN1CCC(Oc2nccc(CO)c2F)CC1. The summed E-state index contributed by atoms with van der Waals surface area (Å²) < 4.78 is 19.3. The zero-order valence-electron chi connectivity index (χ0n) is 9.90. The van der Waals surface area contributed by atoms with Crippen LogP contribution in [-0.4, -0.2) is 41.2 Å². The number of hydrogen-bond acceptors (Lipinski definition) is 4. The van der Waals surface area contributed by atoms with Gasteiger partial charge in [0.25, 0.3) is 5.88 Å². The lowest BCUT2D eigenvalue weighted by Gasteiger charge is -2.29. The van der Waals surface area contributed by atoms with Crippen molar-refractivity contribution in [2.24, 2.45) is 0 Å². The first-order valence-corrected chi connectivity index (χ1v) is 5.80. The Balaban J connectivity index is 2.03. The van der Waals surface area contributed by atoms with Gasteiger partial charge in [-0.15, -0.1) is 0 Å². The van der Waals surface area contributed by atoms with Crippen molar-refractivity contribution in [2.45, 2.75) is 25.6 Å². The van der Waals surface area contributed by atoms with E-state index in [-0.39, 0.29) is 24.2 Å². The summed E-state index contributed by atoms with van der Waals surface area (Å²) in [5.41, 5.74) is 0.225. The Bertz CT molecular complexity index is 379. The number of nitrogens with zero attached hydrogens (tertiary/aromatic N) is 2. The van der Waals surface area contributed by atoms with Gasteiger partial charge in [-0.25, -0.2) is 9.37 Å². The molecule has 1 aliphatic heterocycles. The molecular weight excluding hydrogens is 223 g/mol. The van der Waals surface area contributed by atoms with Crippen LogP contribution in [-0.2, 0) is 6.61 Å². The Morgan fingerprint density at radius 2 is 2.24 bits per heavy atom. The normalized spacial score (nSPS) is 18.3. The number of aromatic nitrogens is 1. The molecule has 1 aromatic heterocycles. The number of aliphatic hydroxyl groups excluding tert-OH is 1. The topological polar surface area (TPSA) is 45.6 Å². The molecule has 0 amide bonds. The van der Waals surface area contributed by atoms with Crippen LogP contribution in [0.15, 0.2) is 12.3 Å². The molecule has 4 nitrogen and oxygen atoms in total. The zero-order chi connectivity index (χ0) is 12.3. The van der Waals surface area contributed by atoms with Crippen LogP contribution in [0.25, 0.3) is 0 Å². The first kappa shape index (κ1) is 12.3. The number of hydrogen-bond donors (Lipinski definition) is 1. The first-order chi connectivity index (χ1) is 8.20. The molecule has 94 valence electrons. The van der Waals surface area contributed by atoms with Gasteiger partial charge in [0, 0.05) is 24.8 Å². The predicted octanol–water partition coefficient (Wildman–Crippen LogP) is 1.19. The summed E-state index contributed by atoms with van der Waals surface area (Å²) in [6.45, 7) is 1.57. The molecule has 1 saturated heterocycles. The summed E-state index contributed by atoms with van der Waals surface area (Å²) in [4.78, 5) is 6.09. The zero-order valence-corrected chi connectivity index (χ0v) is 9.90. The maximum absolute atomic E-state index is 13.7. The van der Waals surface area contributed by atoms with Crippen molar-refractivity contribution >= 4 is 0 Å². The number of aliphatic hydroxyl groups is 1. The summed E-state index contributed by atoms with van der Waals surface area (Å²) >= 11 is 0. The Labute approximate surface area is 100 Å². The molecule has 0 radical (unpaired) electrons. The molecule has 1 N–H and O–H groups in total. The number of halogens is 1. The quantitative estimate of drug-likeness (QED) is 0.862. The van der Waals surface area contributed by atoms with Crippen LogP contribution in [0.2, 0.25) is 0 Å². The minimum absolute atomic E-state index is 0.00565. The van der Waals surface area contributed by atoms with Crippen LogP contribution in [0, 0.1) is 5.82 Å². The maximum Gasteiger partial charge on any atom is 0.251 e. The van der Waals surface area contributed by atoms with E-state index in [4.69, 9.17) is 9.84 Å². The second-order valence-corrected chi connectivity index (χ2v) is 4.37. The molecule has 2 rings (SSSR count). The minimum atomic E-state index is -0.547. The van der Waals surface area contributed by atoms with Gasteiger partial charge in [-0.1, -0.05) is 0 Å². The molecule has 1 fully saturated rings. The molecule has 0 spiro atoms. The van der Waals surface area contributed by atoms with Gasteiger partial charge in [0.2, 0.25) is 0 Å². The highest BCUT2D eigenvalue weighted by molar-refractivity contribution is 5.23. The molecular formula is C12H17FN2O2. The van der Waals surface area contributed by atoms with E-state index in [9.17, 15) is 4.39 Å². The summed E-state index contributed by atoms with van der Waals surface area (Å²) in [5.74, 6) is -0.542. The maximum atomic E-state index is 13.7. The highest BCUT2D eigenvalue weighted by atomic mass is 19.1. The van der Waals surface area contributed by atoms with Crippen molar-refractivity contribution in [1.29, 1.82) is 0 Å². The van der Waals surface area contributed by atoms with E-state index in [0.717, 1.165) is 25.9 Å². The van der Waals surface area contributed by atoms with Gasteiger partial charge in [0.1, 0.15) is 6.10 Å². The third kappa shape index (κ3) is 2.92. The summed E-state index contributed by atoms with van der Waals surface area (Å²) in [7, 11) is 2.06. The lowest BCUT2D eigenvalue weighted by molar-refractivity contribution is 0.105. The van der Waals surface area contributed by atoms with Gasteiger partial charge in [-0.3, -0.25) is 0 Å². The summed E-state index contributed by atoms with van der Waals surface area (Å²) in [5, 5.41) is 8.95. The van der Waals surface area contributed by atoms with E-state index in [0.29, 0.717) is 0 Å². The Morgan fingerprint density at radius 1 is 1.53 bits per heavy atom. The predicted molar refractivity (Wildman–Crippen MR) is 61.3 cm³/mol. The average Bonchev–Trinajstić information content (AvgIpc) is 2.35. The lowest BCUT2D eigenvalue weighted by atomic mass is 10.1. The van der Waals surface area contributed by atoms with Crippen molar-refractivity contribution in [3.63, 3.8) is 0 Å². The van der Waals surface area contributed by atoms with E-state index in [1.54, 1.807) is 0 Å². The second-order valence-electron chi connectivity index (χ2n) is 4.37. The van der Waals surface area contributed by atoms with Gasteiger partial charge in [0.05, 0.1) is 6.61 Å². The molecule has 0 unspecified atom stereocenters. The van der Waals surface area contributed by atoms with Crippen LogP contribution in [0.4, 0.5) is 4.39 Å². The van der Waals surface area contributed by atoms with Crippen molar-refractivity contribution in [3.05, 3.63) is 23.6 Å². The van der Waals surface area contributed by atoms with E-state index in [1.165, 1.54) is 12.3 Å². The van der Waals surface area contributed by atoms with Crippen molar-refractivity contribution in [2.75, 3.05) is 20.1 Å². The van der Waals surface area contributed by atoms with Gasteiger partial charge >= 0.3 is 0 Å². The van der Waals surface area contributed by atoms with Gasteiger partial charge in [0.15, 0.2) is 5.82 Å². The van der Waals surface area contributed by atoms with Crippen molar-refractivity contribution in [1.82, 2.24) is 9.88 Å². The van der Waals surface area contributed by atoms with Gasteiger partial charge < -0.3 is 14.7 Å². The van der Waals surface area contributed by atoms with Gasteiger partial charge in [-0.2, -0.15) is 0 Å². The Morgan fingerprint density at radius 3 is 2.88 bits per heavy atom. The summed E-state index contributed by atoms with van der Waals surface area (Å²) in [6.07, 6.45) is 3.23. The average molecular weight is 240 g/mol. The molecule has 0 aliphatic carbocycles. The summed E-state index contributed by atoms with van der Waals surface area (Å²) in [6, 6.07) is 1.46. The fourth-order valence-electron chi connectivity index (χ4n) is 1.93. The number of rotatable bonds is 3. The largest absolute Gasteiger partial charge is 0.472 e. The molecule has 1 aliphatic rings. The van der Waals surface area contributed by atoms with Crippen LogP contribution >= 0.6 is 0 Å². The van der Waals surface area contributed by atoms with Crippen LogP contribution in [0.5, 0.6) is 5.88 Å². The fraction of sp³-hybridized carbons (Fsp3) is 0.583. The van der Waals surface area contributed by atoms with E-state index >= 15 is 0 Å². The molecule has 0 atom stereocenters. The lowest BCUT2D eigenvalue weighted by Crippen LogP contribution is -2.36. The first-order valence-electron chi connectivity index (χ1n) is 5.80. The van der Waals surface area contributed by atoms with Gasteiger partial charge in [-0.05, 0) is 26.0 Å². The standard InChI is InChI=1S/C12H17FN2O2/c1-15-6-3-10(4-7-15)17-12-11(13)9(8-16)2-5-14-12/h2,5,10,16H,3-4,6-8H2,1H3. The van der Waals surface area contributed by atoms with Crippen molar-refractivity contribution < 1.29 is 14.2 Å². The molecule has 0 aromatic carbocycles. The van der Waals surface area contributed by atoms with Crippen molar-refractivity contribution in [3.8, 4) is 5.88 Å². The number of pyridine rings is 1. The monoisotopic (exact) mass is 240 g/mol. The van der Waals surface area contributed by atoms with Crippen LogP contribution in [0.3, 0.4) is 0 Å². The highest BCUT2D eigenvalue weighted by Gasteiger charge is 2.20. The number of piperidine rings is 1. The second kappa shape index (κ2) is 5.42. The molecule has 0 bridgehead atoms. The molecule has 0 saturated carbocycles. The molecule has 2 heterocycles. The number of ether oxygens (including phenoxy) is 1. The van der Waals surface area contributed by atoms with Crippen LogP contribution in [0.1, 0.15) is 18.4 Å². The van der Waals surface area contributed by atoms with E-state index in [1.807, 2.05) is 0 Å². The highest BCUT2D eigenvalue weighted by Crippen LogP contribution is 2.21. The smallest absolute Gasteiger partial charge is 0.251 e. The third-order valence-corrected chi connectivity index (χ3v) is 3.05. The molecule has 1 aromatic rings. The minimum Gasteiger partial charge on any atom is -0.472 e. The Hall–Kier alpha value is -1.20. The molecule has 5 heteroatoms. The Kier molecular flexibility index (Phi) is 3.91. The number of likely N-dealkylation sites (tertiary alicyclic amines) is 1. The fourth-order valence-corrected chi connectivity index (χ4v) is 1.93. The van der Waals surface area contributed by atoms with E-state index < -0.39 is 5.82 Å². The van der Waals surface area contributed by atoms with E-state index in [2.05, 4.69) is 16.9 Å². The van der Waals surface area contributed by atoms with Crippen LogP contribution < -0.4 is 4.74 Å².